The Balaban J connectivity index is 2.04. The van der Waals surface area contributed by atoms with Crippen LogP contribution in [-0.4, -0.2) is 21.8 Å². The van der Waals surface area contributed by atoms with Gasteiger partial charge in [-0.2, -0.15) is 0 Å². The molecule has 2 N–H and O–H groups in total. The second-order valence-corrected chi connectivity index (χ2v) is 7.91. The van der Waals surface area contributed by atoms with E-state index in [4.69, 9.17) is 0 Å². The van der Waals surface area contributed by atoms with E-state index in [-0.39, 0.29) is 19.0 Å². The summed E-state index contributed by atoms with van der Waals surface area (Å²) in [6, 6.07) is 18.1. The second-order valence-electron chi connectivity index (χ2n) is 6.89. The van der Waals surface area contributed by atoms with Crippen LogP contribution in [0.25, 0.3) is 32.7 Å². The van der Waals surface area contributed by atoms with Gasteiger partial charge >= 0.3 is 0 Å². The summed E-state index contributed by atoms with van der Waals surface area (Å²) in [7, 11) is 0. The Labute approximate surface area is 184 Å². The van der Waals surface area contributed by atoms with Crippen LogP contribution in [0.4, 0.5) is 4.39 Å². The zero-order chi connectivity index (χ0) is 21.6. The number of hydrogen-bond acceptors (Lipinski definition) is 4. The number of aromatic nitrogens is 1. The highest BCUT2D eigenvalue weighted by atomic mass is 32.1. The number of nitrogens with zero attached hydrogens (tertiary/aromatic N) is 1. The van der Waals surface area contributed by atoms with Gasteiger partial charge in [-0.3, -0.25) is 4.98 Å². The number of halogens is 1. The van der Waals surface area contributed by atoms with E-state index in [1.54, 1.807) is 24.5 Å². The lowest BCUT2D eigenvalue weighted by Crippen LogP contribution is -1.89. The number of rotatable bonds is 5. The highest BCUT2D eigenvalue weighted by Gasteiger charge is 2.21. The van der Waals surface area contributed by atoms with Gasteiger partial charge in [-0.05, 0) is 52.6 Å². The molecule has 4 rings (SSSR count). The van der Waals surface area contributed by atoms with Crippen LogP contribution in [0.15, 0.2) is 73.1 Å². The molecular formula is C26H20FNO2S. The van der Waals surface area contributed by atoms with E-state index in [9.17, 15) is 14.6 Å². The third-order valence-electron chi connectivity index (χ3n) is 4.82. The van der Waals surface area contributed by atoms with Crippen LogP contribution in [-0.2, 0) is 6.61 Å². The summed E-state index contributed by atoms with van der Waals surface area (Å²) in [6.45, 7) is -0.0609. The third kappa shape index (κ3) is 4.57. The maximum absolute atomic E-state index is 13.6. The first kappa shape index (κ1) is 21.0. The predicted molar refractivity (Wildman–Crippen MR) is 123 cm³/mol. The van der Waals surface area contributed by atoms with Crippen molar-refractivity contribution < 1.29 is 14.6 Å². The van der Waals surface area contributed by atoms with Crippen LogP contribution in [0.1, 0.15) is 16.9 Å². The molecule has 0 saturated carbocycles. The lowest BCUT2D eigenvalue weighted by Gasteiger charge is -2.10. The van der Waals surface area contributed by atoms with Crippen molar-refractivity contribution in [2.75, 3.05) is 6.61 Å². The maximum atomic E-state index is 13.6. The molecule has 0 fully saturated rings. The van der Waals surface area contributed by atoms with E-state index in [2.05, 4.69) is 16.8 Å². The summed E-state index contributed by atoms with van der Waals surface area (Å²) in [5.74, 6) is 5.96. The zero-order valence-electron chi connectivity index (χ0n) is 16.7. The van der Waals surface area contributed by atoms with E-state index in [1.165, 1.54) is 23.5 Å². The van der Waals surface area contributed by atoms with Gasteiger partial charge in [-0.15, -0.1) is 11.3 Å². The van der Waals surface area contributed by atoms with Crippen molar-refractivity contribution in [3.8, 4) is 44.5 Å². The SMILES string of the molecule is OCCC#Cc1sc(-c2ccc(F)cc2)c(-c2ccncc2)c1-c1cccc(CO)c1. The smallest absolute Gasteiger partial charge is 0.123 e. The predicted octanol–water partition coefficient (Wildman–Crippen LogP) is 5.51. The number of aliphatic hydroxyl groups is 2. The lowest BCUT2D eigenvalue weighted by molar-refractivity contribution is 0.282. The minimum absolute atomic E-state index is 0.00423. The molecule has 31 heavy (non-hydrogen) atoms. The Morgan fingerprint density at radius 2 is 1.65 bits per heavy atom. The first-order valence-electron chi connectivity index (χ1n) is 9.84. The fourth-order valence-electron chi connectivity index (χ4n) is 3.42. The van der Waals surface area contributed by atoms with Crippen molar-refractivity contribution in [1.29, 1.82) is 0 Å². The number of hydrogen-bond donors (Lipinski definition) is 2. The number of pyridine rings is 1. The quantitative estimate of drug-likeness (QED) is 0.411. The molecule has 3 nitrogen and oxygen atoms in total. The van der Waals surface area contributed by atoms with Gasteiger partial charge in [0.05, 0.1) is 18.1 Å². The van der Waals surface area contributed by atoms with Gasteiger partial charge in [0.2, 0.25) is 0 Å². The molecule has 5 heteroatoms. The molecule has 2 aromatic heterocycles. The fraction of sp³-hybridized carbons (Fsp3) is 0.115. The average molecular weight is 430 g/mol. The molecule has 0 spiro atoms. The van der Waals surface area contributed by atoms with E-state index in [0.717, 1.165) is 43.1 Å². The van der Waals surface area contributed by atoms with Crippen molar-refractivity contribution in [2.45, 2.75) is 13.0 Å². The normalized spacial score (nSPS) is 10.5. The summed E-state index contributed by atoms with van der Waals surface area (Å²) in [5, 5.41) is 18.8. The van der Waals surface area contributed by atoms with Crippen molar-refractivity contribution in [1.82, 2.24) is 4.98 Å². The molecule has 0 radical (unpaired) electrons. The Morgan fingerprint density at radius 1 is 0.871 bits per heavy atom. The summed E-state index contributed by atoms with van der Waals surface area (Å²) >= 11 is 1.54. The average Bonchev–Trinajstić information content (AvgIpc) is 3.20. The molecule has 0 saturated heterocycles. The van der Waals surface area contributed by atoms with Gasteiger partial charge in [0.25, 0.3) is 0 Å². The van der Waals surface area contributed by atoms with Crippen molar-refractivity contribution in [2.24, 2.45) is 0 Å². The third-order valence-corrected chi connectivity index (χ3v) is 5.97. The van der Waals surface area contributed by atoms with Crippen LogP contribution in [0.5, 0.6) is 0 Å². The molecule has 0 amide bonds. The number of aliphatic hydroxyl groups excluding tert-OH is 2. The monoisotopic (exact) mass is 429 g/mol. The Morgan fingerprint density at radius 3 is 2.35 bits per heavy atom. The first-order valence-corrected chi connectivity index (χ1v) is 10.7. The molecule has 2 heterocycles. The van der Waals surface area contributed by atoms with Crippen LogP contribution in [0.2, 0.25) is 0 Å². The van der Waals surface area contributed by atoms with E-state index >= 15 is 0 Å². The zero-order valence-corrected chi connectivity index (χ0v) is 17.5. The van der Waals surface area contributed by atoms with Gasteiger partial charge < -0.3 is 10.2 Å². The second kappa shape index (κ2) is 9.67. The molecule has 154 valence electrons. The van der Waals surface area contributed by atoms with Crippen LogP contribution in [0.3, 0.4) is 0 Å². The molecular weight excluding hydrogens is 409 g/mol. The van der Waals surface area contributed by atoms with Crippen LogP contribution >= 0.6 is 11.3 Å². The highest BCUT2D eigenvalue weighted by Crippen LogP contribution is 2.47. The Hall–Kier alpha value is -3.30. The van der Waals surface area contributed by atoms with Gasteiger partial charge in [0.15, 0.2) is 0 Å². The summed E-state index contributed by atoms with van der Waals surface area (Å²) in [5.41, 5.74) is 5.56. The van der Waals surface area contributed by atoms with Crippen LogP contribution in [0, 0.1) is 17.7 Å². The molecule has 0 atom stereocenters. The van der Waals surface area contributed by atoms with Crippen molar-refractivity contribution >= 4 is 11.3 Å². The van der Waals surface area contributed by atoms with Gasteiger partial charge in [0.1, 0.15) is 5.82 Å². The van der Waals surface area contributed by atoms with Gasteiger partial charge in [-0.25, -0.2) is 4.39 Å². The molecule has 0 unspecified atom stereocenters. The molecule has 4 aromatic rings. The molecule has 0 aliphatic carbocycles. The minimum Gasteiger partial charge on any atom is -0.395 e. The fourth-order valence-corrected chi connectivity index (χ4v) is 4.64. The molecule has 2 aromatic carbocycles. The standard InChI is InChI=1S/C26H20FNO2S/c27-22-9-7-20(8-10-22)26-25(19-11-13-28-14-12-19)24(23(31-26)6-1-2-15-29)21-5-3-4-18(16-21)17-30/h3-5,7-14,16,29-30H,2,15,17H2. The number of thiophene rings is 1. The Bertz CT molecular complexity index is 1240. The molecule has 0 aliphatic heterocycles. The molecule has 0 bridgehead atoms. The Kier molecular flexibility index (Phi) is 6.54. The van der Waals surface area contributed by atoms with Gasteiger partial charge in [0, 0.05) is 34.8 Å². The summed E-state index contributed by atoms with van der Waals surface area (Å²) in [6.07, 6.45) is 3.86. The van der Waals surface area contributed by atoms with Gasteiger partial charge in [-0.1, -0.05) is 42.2 Å². The lowest BCUT2D eigenvalue weighted by atomic mass is 9.92. The maximum Gasteiger partial charge on any atom is 0.123 e. The largest absolute Gasteiger partial charge is 0.395 e. The van der Waals surface area contributed by atoms with Crippen molar-refractivity contribution in [3.63, 3.8) is 0 Å². The molecule has 0 aliphatic rings. The van der Waals surface area contributed by atoms with Crippen molar-refractivity contribution in [3.05, 3.63) is 89.3 Å². The van der Waals surface area contributed by atoms with Crippen LogP contribution < -0.4 is 0 Å². The first-order chi connectivity index (χ1) is 15.2. The summed E-state index contributed by atoms with van der Waals surface area (Å²) < 4.78 is 13.6. The minimum atomic E-state index is -0.287. The van der Waals surface area contributed by atoms with E-state index in [1.807, 2.05) is 36.4 Å². The van der Waals surface area contributed by atoms with E-state index in [0.29, 0.717) is 6.42 Å². The summed E-state index contributed by atoms with van der Waals surface area (Å²) in [4.78, 5) is 5.98. The topological polar surface area (TPSA) is 53.4 Å². The highest BCUT2D eigenvalue weighted by molar-refractivity contribution is 7.17. The van der Waals surface area contributed by atoms with E-state index < -0.39 is 0 Å². The number of benzene rings is 2.